The van der Waals surface area contributed by atoms with Crippen molar-refractivity contribution in [3.05, 3.63) is 28.8 Å². The van der Waals surface area contributed by atoms with E-state index in [0.717, 1.165) is 11.8 Å². The fourth-order valence-electron chi connectivity index (χ4n) is 5.26. The van der Waals surface area contributed by atoms with E-state index >= 15 is 0 Å². The molecule has 4 bridgehead atoms. The second kappa shape index (κ2) is 5.28. The maximum absolute atomic E-state index is 12.7. The molecular weight excluding hydrogens is 296 g/mol. The Labute approximate surface area is 135 Å². The molecule has 3 nitrogen and oxygen atoms in total. The number of rotatable bonds is 2. The van der Waals surface area contributed by atoms with E-state index in [9.17, 15) is 4.79 Å². The fraction of sp³-hybridized carbons (Fsp3) is 0.556. The van der Waals surface area contributed by atoms with Crippen molar-refractivity contribution >= 4 is 23.2 Å². The van der Waals surface area contributed by atoms with Gasteiger partial charge in [-0.3, -0.25) is 4.79 Å². The van der Waals surface area contributed by atoms with Crippen LogP contribution in [0, 0.1) is 40.9 Å². The van der Waals surface area contributed by atoms with Crippen molar-refractivity contribution in [2.24, 2.45) is 29.6 Å². The number of halogens is 1. The molecule has 0 saturated heterocycles. The molecule has 4 fully saturated rings. The highest BCUT2D eigenvalue weighted by atomic mass is 35.5. The number of carbonyl (C=O) groups excluding carboxylic acids is 1. The molecule has 0 radical (unpaired) electrons. The monoisotopic (exact) mass is 314 g/mol. The molecule has 4 saturated carbocycles. The molecule has 1 amide bonds. The van der Waals surface area contributed by atoms with Crippen molar-refractivity contribution < 1.29 is 4.79 Å². The van der Waals surface area contributed by atoms with Crippen LogP contribution in [0.1, 0.15) is 37.7 Å². The Kier molecular flexibility index (Phi) is 3.38. The zero-order valence-corrected chi connectivity index (χ0v) is 13.1. The Morgan fingerprint density at radius 2 is 1.77 bits per heavy atom. The molecule has 1 aromatic carbocycles. The predicted molar refractivity (Wildman–Crippen MR) is 85.3 cm³/mol. The average molecular weight is 315 g/mol. The van der Waals surface area contributed by atoms with Crippen LogP contribution in [0.4, 0.5) is 5.69 Å². The standard InChI is InChI=1S/C18H19ClN2O/c19-16-8-15(2-1-12(16)9-20)21-18(22)17-13-4-10-3-11(6-13)7-14(17)5-10/h1-2,8,10-11,13-14,17H,3-7H2,(H,21,22). The first-order valence-electron chi connectivity index (χ1n) is 8.14. The van der Waals surface area contributed by atoms with Crippen LogP contribution < -0.4 is 5.32 Å². The van der Waals surface area contributed by atoms with Crippen molar-refractivity contribution in [3.8, 4) is 6.07 Å². The van der Waals surface area contributed by atoms with Crippen LogP contribution in [0.25, 0.3) is 0 Å². The minimum Gasteiger partial charge on any atom is -0.326 e. The molecule has 0 heterocycles. The van der Waals surface area contributed by atoms with Gasteiger partial charge in [-0.1, -0.05) is 11.6 Å². The maximum atomic E-state index is 12.7. The molecule has 4 aliphatic rings. The van der Waals surface area contributed by atoms with Crippen LogP contribution in [-0.4, -0.2) is 5.91 Å². The Morgan fingerprint density at radius 3 is 2.32 bits per heavy atom. The van der Waals surface area contributed by atoms with Crippen LogP contribution in [0.5, 0.6) is 0 Å². The lowest BCUT2D eigenvalue weighted by molar-refractivity contribution is -0.132. The van der Waals surface area contributed by atoms with Crippen LogP contribution in [0.2, 0.25) is 5.02 Å². The van der Waals surface area contributed by atoms with E-state index in [1.165, 1.54) is 32.1 Å². The van der Waals surface area contributed by atoms with E-state index in [-0.39, 0.29) is 11.8 Å². The minimum atomic E-state index is 0.148. The number of nitrogens with one attached hydrogen (secondary N) is 1. The highest BCUT2D eigenvalue weighted by Gasteiger charge is 2.50. The summed E-state index contributed by atoms with van der Waals surface area (Å²) >= 11 is 6.05. The van der Waals surface area contributed by atoms with Crippen LogP contribution >= 0.6 is 11.6 Å². The molecule has 114 valence electrons. The molecule has 0 spiro atoms. The number of hydrogen-bond acceptors (Lipinski definition) is 2. The van der Waals surface area contributed by atoms with Crippen molar-refractivity contribution in [1.29, 1.82) is 5.26 Å². The molecule has 1 N–H and O–H groups in total. The van der Waals surface area contributed by atoms with Gasteiger partial charge in [0.25, 0.3) is 0 Å². The Balaban J connectivity index is 1.51. The van der Waals surface area contributed by atoms with Crippen molar-refractivity contribution in [2.75, 3.05) is 5.32 Å². The first-order chi connectivity index (χ1) is 10.6. The molecule has 22 heavy (non-hydrogen) atoms. The van der Waals surface area contributed by atoms with Gasteiger partial charge in [-0.2, -0.15) is 5.26 Å². The Hall–Kier alpha value is -1.53. The molecule has 1 aromatic rings. The van der Waals surface area contributed by atoms with E-state index in [4.69, 9.17) is 16.9 Å². The topological polar surface area (TPSA) is 52.9 Å². The summed E-state index contributed by atoms with van der Waals surface area (Å²) in [6, 6.07) is 7.14. The quantitative estimate of drug-likeness (QED) is 0.888. The summed E-state index contributed by atoms with van der Waals surface area (Å²) in [4.78, 5) is 12.7. The van der Waals surface area contributed by atoms with E-state index in [1.54, 1.807) is 18.2 Å². The number of benzene rings is 1. The van der Waals surface area contributed by atoms with Gasteiger partial charge >= 0.3 is 0 Å². The van der Waals surface area contributed by atoms with Gasteiger partial charge in [0.15, 0.2) is 0 Å². The molecule has 0 aliphatic heterocycles. The summed E-state index contributed by atoms with van der Waals surface area (Å²) in [5, 5.41) is 12.3. The van der Waals surface area contributed by atoms with E-state index < -0.39 is 0 Å². The Morgan fingerprint density at radius 1 is 1.14 bits per heavy atom. The normalized spacial score (nSPS) is 35.2. The molecule has 4 heteroatoms. The summed E-state index contributed by atoms with van der Waals surface area (Å²) in [6.45, 7) is 0. The maximum Gasteiger partial charge on any atom is 0.228 e. The second-order valence-corrected chi connectivity index (χ2v) is 7.66. The second-order valence-electron chi connectivity index (χ2n) is 7.25. The summed E-state index contributed by atoms with van der Waals surface area (Å²) < 4.78 is 0. The summed E-state index contributed by atoms with van der Waals surface area (Å²) in [5.74, 6) is 3.21. The highest BCUT2D eigenvalue weighted by molar-refractivity contribution is 6.32. The third-order valence-corrected chi connectivity index (χ3v) is 6.20. The third kappa shape index (κ3) is 2.30. The molecule has 5 rings (SSSR count). The van der Waals surface area contributed by atoms with Crippen molar-refractivity contribution in [1.82, 2.24) is 0 Å². The van der Waals surface area contributed by atoms with Gasteiger partial charge in [0, 0.05) is 11.6 Å². The lowest BCUT2D eigenvalue weighted by Crippen LogP contribution is -2.49. The van der Waals surface area contributed by atoms with Gasteiger partial charge in [0.05, 0.1) is 10.6 Å². The third-order valence-electron chi connectivity index (χ3n) is 5.89. The zero-order chi connectivity index (χ0) is 15.3. The largest absolute Gasteiger partial charge is 0.326 e. The van der Waals surface area contributed by atoms with E-state index in [0.29, 0.717) is 28.1 Å². The lowest BCUT2D eigenvalue weighted by atomic mass is 9.51. The molecular formula is C18H19ClN2O. The van der Waals surface area contributed by atoms with Gasteiger partial charge < -0.3 is 5.32 Å². The number of carbonyl (C=O) groups is 1. The lowest BCUT2D eigenvalue weighted by Gasteiger charge is -2.53. The first-order valence-corrected chi connectivity index (χ1v) is 8.52. The molecule has 0 unspecified atom stereocenters. The van der Waals surface area contributed by atoms with Gasteiger partial charge in [0.2, 0.25) is 5.91 Å². The van der Waals surface area contributed by atoms with Crippen LogP contribution in [0.3, 0.4) is 0 Å². The average Bonchev–Trinajstić information content (AvgIpc) is 2.46. The molecule has 0 aromatic heterocycles. The number of anilines is 1. The van der Waals surface area contributed by atoms with E-state index in [2.05, 4.69) is 5.32 Å². The van der Waals surface area contributed by atoms with Gasteiger partial charge in [-0.15, -0.1) is 0 Å². The number of nitrogens with zero attached hydrogens (tertiary/aromatic N) is 1. The van der Waals surface area contributed by atoms with Crippen molar-refractivity contribution in [3.63, 3.8) is 0 Å². The smallest absolute Gasteiger partial charge is 0.228 e. The number of amides is 1. The zero-order valence-electron chi connectivity index (χ0n) is 12.4. The summed E-state index contributed by atoms with van der Waals surface area (Å²) in [7, 11) is 0. The summed E-state index contributed by atoms with van der Waals surface area (Å²) in [5.41, 5.74) is 1.14. The Bertz CT molecular complexity index is 636. The van der Waals surface area contributed by atoms with E-state index in [1.807, 2.05) is 6.07 Å². The highest BCUT2D eigenvalue weighted by Crippen LogP contribution is 2.56. The van der Waals surface area contributed by atoms with Crippen molar-refractivity contribution in [2.45, 2.75) is 32.1 Å². The van der Waals surface area contributed by atoms with Gasteiger partial charge in [-0.25, -0.2) is 0 Å². The summed E-state index contributed by atoms with van der Waals surface area (Å²) in [6.07, 6.45) is 6.34. The van der Waals surface area contributed by atoms with Gasteiger partial charge in [0.1, 0.15) is 6.07 Å². The first kappa shape index (κ1) is 14.1. The molecule has 0 atom stereocenters. The minimum absolute atomic E-state index is 0.148. The van der Waals surface area contributed by atoms with Crippen LogP contribution in [-0.2, 0) is 4.79 Å². The molecule has 4 aliphatic carbocycles. The van der Waals surface area contributed by atoms with Crippen LogP contribution in [0.15, 0.2) is 18.2 Å². The fourth-order valence-corrected chi connectivity index (χ4v) is 5.49. The predicted octanol–water partition coefficient (Wildman–Crippen LogP) is 4.22. The number of hydrogen-bond donors (Lipinski definition) is 1. The van der Waals surface area contributed by atoms with Gasteiger partial charge in [-0.05, 0) is 74.0 Å². The number of nitriles is 1. The SMILES string of the molecule is N#Cc1ccc(NC(=O)C2C3CC4CC(C3)CC2C4)cc1Cl.